The predicted octanol–water partition coefficient (Wildman–Crippen LogP) is 1.57. The Bertz CT molecular complexity index is 342. The van der Waals surface area contributed by atoms with Gasteiger partial charge in [-0.25, -0.2) is 0 Å². The second kappa shape index (κ2) is 12.5. The van der Waals surface area contributed by atoms with E-state index in [9.17, 15) is 0 Å². The van der Waals surface area contributed by atoms with E-state index in [2.05, 4.69) is 48.2 Å². The Hall–Kier alpha value is -0.850. The van der Waals surface area contributed by atoms with Crippen LogP contribution in [0, 0.1) is 11.8 Å². The van der Waals surface area contributed by atoms with Crippen LogP contribution in [0.15, 0.2) is 4.99 Å². The van der Waals surface area contributed by atoms with Crippen LogP contribution in [0.3, 0.4) is 0 Å². The van der Waals surface area contributed by atoms with Crippen molar-refractivity contribution in [1.82, 2.24) is 15.5 Å². The van der Waals surface area contributed by atoms with Crippen LogP contribution in [0.25, 0.3) is 0 Å². The largest absolute Gasteiger partial charge is 0.381 e. The lowest BCUT2D eigenvalue weighted by molar-refractivity contribution is 0.00752. The number of rotatable bonds is 10. The zero-order valence-corrected chi connectivity index (χ0v) is 16.3. The lowest BCUT2D eigenvalue weighted by Crippen LogP contribution is -2.52. The number of aliphatic imine (C=N–C) groups is 1. The maximum atomic E-state index is 5.60. The summed E-state index contributed by atoms with van der Waals surface area (Å²) in [5, 5.41) is 6.84. The number of hydrogen-bond acceptors (Lipinski definition) is 4. The summed E-state index contributed by atoms with van der Waals surface area (Å²) >= 11 is 0. The molecule has 1 atom stereocenters. The highest BCUT2D eigenvalue weighted by atomic mass is 16.5. The van der Waals surface area contributed by atoms with E-state index < -0.39 is 0 Å². The standard InChI is InChI=1S/C18H38N4O2/c1-15(2)14-24-10-6-7-20-18(19-5)21-13-17(16(3)4)22-8-11-23-12-9-22/h15-17H,6-14H2,1-5H3,(H2,19,20,21). The molecular weight excluding hydrogens is 304 g/mol. The van der Waals surface area contributed by atoms with Crippen molar-refractivity contribution >= 4 is 5.96 Å². The van der Waals surface area contributed by atoms with Gasteiger partial charge >= 0.3 is 0 Å². The van der Waals surface area contributed by atoms with Crippen molar-refractivity contribution in [2.75, 3.05) is 59.7 Å². The van der Waals surface area contributed by atoms with Crippen LogP contribution >= 0.6 is 0 Å². The zero-order chi connectivity index (χ0) is 17.8. The average Bonchev–Trinajstić information content (AvgIpc) is 2.56. The van der Waals surface area contributed by atoms with Gasteiger partial charge in [-0.15, -0.1) is 0 Å². The van der Waals surface area contributed by atoms with Crippen molar-refractivity contribution in [3.05, 3.63) is 0 Å². The lowest BCUT2D eigenvalue weighted by Gasteiger charge is -2.37. The zero-order valence-electron chi connectivity index (χ0n) is 16.3. The topological polar surface area (TPSA) is 58.1 Å². The Kier molecular flexibility index (Phi) is 11.0. The number of nitrogens with zero attached hydrogens (tertiary/aromatic N) is 2. The highest BCUT2D eigenvalue weighted by Gasteiger charge is 2.23. The summed E-state index contributed by atoms with van der Waals surface area (Å²) in [4.78, 5) is 6.84. The van der Waals surface area contributed by atoms with Crippen LogP contribution in [0.5, 0.6) is 0 Å². The first-order chi connectivity index (χ1) is 11.5. The molecule has 6 nitrogen and oxygen atoms in total. The molecule has 0 amide bonds. The quantitative estimate of drug-likeness (QED) is 0.359. The minimum atomic E-state index is 0.502. The van der Waals surface area contributed by atoms with Gasteiger partial charge < -0.3 is 20.1 Å². The van der Waals surface area contributed by atoms with Gasteiger partial charge in [0.2, 0.25) is 0 Å². The molecule has 1 unspecified atom stereocenters. The Morgan fingerprint density at radius 1 is 1.17 bits per heavy atom. The Labute approximate surface area is 148 Å². The monoisotopic (exact) mass is 342 g/mol. The summed E-state index contributed by atoms with van der Waals surface area (Å²) in [5.41, 5.74) is 0. The van der Waals surface area contributed by atoms with Crippen LogP contribution in [-0.2, 0) is 9.47 Å². The van der Waals surface area contributed by atoms with E-state index in [0.717, 1.165) is 65.0 Å². The molecular formula is C18H38N4O2. The summed E-state index contributed by atoms with van der Waals surface area (Å²) in [7, 11) is 1.82. The summed E-state index contributed by atoms with van der Waals surface area (Å²) in [6.07, 6.45) is 0.991. The molecule has 1 rings (SSSR count). The number of hydrogen-bond donors (Lipinski definition) is 2. The van der Waals surface area contributed by atoms with Crippen LogP contribution in [0.2, 0.25) is 0 Å². The molecule has 2 N–H and O–H groups in total. The lowest BCUT2D eigenvalue weighted by atomic mass is 10.0. The molecule has 0 saturated carbocycles. The van der Waals surface area contributed by atoms with Crippen molar-refractivity contribution in [2.24, 2.45) is 16.8 Å². The molecule has 6 heteroatoms. The average molecular weight is 343 g/mol. The van der Waals surface area contributed by atoms with E-state index in [1.165, 1.54) is 0 Å². The molecule has 0 aromatic rings. The predicted molar refractivity (Wildman–Crippen MR) is 101 cm³/mol. The van der Waals surface area contributed by atoms with Gasteiger partial charge in [0.05, 0.1) is 13.2 Å². The minimum Gasteiger partial charge on any atom is -0.381 e. The smallest absolute Gasteiger partial charge is 0.191 e. The first-order valence-electron chi connectivity index (χ1n) is 9.38. The van der Waals surface area contributed by atoms with Gasteiger partial charge in [0.25, 0.3) is 0 Å². The van der Waals surface area contributed by atoms with Crippen LogP contribution in [0.4, 0.5) is 0 Å². The SMILES string of the molecule is CN=C(NCCCOCC(C)C)NCC(C(C)C)N1CCOCC1. The normalized spacial score (nSPS) is 18.2. The second-order valence-corrected chi connectivity index (χ2v) is 7.16. The van der Waals surface area contributed by atoms with Crippen molar-refractivity contribution in [1.29, 1.82) is 0 Å². The van der Waals surface area contributed by atoms with E-state index in [1.807, 2.05) is 7.05 Å². The fraction of sp³-hybridized carbons (Fsp3) is 0.944. The third-order valence-electron chi connectivity index (χ3n) is 4.20. The van der Waals surface area contributed by atoms with Gasteiger partial charge in [-0.05, 0) is 18.3 Å². The van der Waals surface area contributed by atoms with E-state index in [1.54, 1.807) is 0 Å². The first kappa shape index (κ1) is 21.2. The number of ether oxygens (including phenoxy) is 2. The van der Waals surface area contributed by atoms with E-state index in [4.69, 9.17) is 9.47 Å². The summed E-state index contributed by atoms with van der Waals surface area (Å²) in [6, 6.07) is 0.502. The van der Waals surface area contributed by atoms with Crippen LogP contribution in [0.1, 0.15) is 34.1 Å². The van der Waals surface area contributed by atoms with Gasteiger partial charge in [0, 0.05) is 52.5 Å². The van der Waals surface area contributed by atoms with E-state index in [-0.39, 0.29) is 0 Å². The fourth-order valence-electron chi connectivity index (χ4n) is 2.82. The summed E-state index contributed by atoms with van der Waals surface area (Å²) in [6.45, 7) is 16.0. The van der Waals surface area contributed by atoms with Gasteiger partial charge in [0.1, 0.15) is 0 Å². The molecule has 1 aliphatic rings. The molecule has 0 aromatic carbocycles. The molecule has 0 aliphatic carbocycles. The molecule has 0 aromatic heterocycles. The highest BCUT2D eigenvalue weighted by molar-refractivity contribution is 5.79. The van der Waals surface area contributed by atoms with Crippen molar-refractivity contribution in [3.8, 4) is 0 Å². The third kappa shape index (κ3) is 8.85. The Morgan fingerprint density at radius 3 is 2.46 bits per heavy atom. The van der Waals surface area contributed by atoms with Gasteiger partial charge in [-0.2, -0.15) is 0 Å². The van der Waals surface area contributed by atoms with Gasteiger partial charge in [-0.1, -0.05) is 27.7 Å². The van der Waals surface area contributed by atoms with Crippen molar-refractivity contribution in [2.45, 2.75) is 40.2 Å². The van der Waals surface area contributed by atoms with Crippen LogP contribution in [-0.4, -0.2) is 76.6 Å². The third-order valence-corrected chi connectivity index (χ3v) is 4.20. The Morgan fingerprint density at radius 2 is 1.88 bits per heavy atom. The molecule has 1 aliphatic heterocycles. The molecule has 0 spiro atoms. The molecule has 142 valence electrons. The number of nitrogens with one attached hydrogen (secondary N) is 2. The first-order valence-corrected chi connectivity index (χ1v) is 9.38. The molecule has 1 heterocycles. The van der Waals surface area contributed by atoms with Crippen molar-refractivity contribution in [3.63, 3.8) is 0 Å². The van der Waals surface area contributed by atoms with Crippen LogP contribution < -0.4 is 10.6 Å². The molecule has 1 fully saturated rings. The fourth-order valence-corrected chi connectivity index (χ4v) is 2.82. The Balaban J connectivity index is 2.25. The van der Waals surface area contributed by atoms with Gasteiger partial charge in [0.15, 0.2) is 5.96 Å². The molecule has 1 saturated heterocycles. The van der Waals surface area contributed by atoms with E-state index >= 15 is 0 Å². The minimum absolute atomic E-state index is 0.502. The maximum Gasteiger partial charge on any atom is 0.191 e. The highest BCUT2D eigenvalue weighted by Crippen LogP contribution is 2.12. The van der Waals surface area contributed by atoms with Crippen molar-refractivity contribution < 1.29 is 9.47 Å². The second-order valence-electron chi connectivity index (χ2n) is 7.16. The van der Waals surface area contributed by atoms with E-state index in [0.29, 0.717) is 17.9 Å². The molecule has 0 bridgehead atoms. The summed E-state index contributed by atoms with van der Waals surface area (Å²) < 4.78 is 11.1. The van der Waals surface area contributed by atoms with Gasteiger partial charge in [-0.3, -0.25) is 9.89 Å². The maximum absolute atomic E-state index is 5.60. The summed E-state index contributed by atoms with van der Waals surface area (Å²) in [5.74, 6) is 2.07. The molecule has 0 radical (unpaired) electrons. The molecule has 24 heavy (non-hydrogen) atoms. The number of guanidine groups is 1. The number of morpholine rings is 1.